The highest BCUT2D eigenvalue weighted by Crippen LogP contribution is 2.39. The lowest BCUT2D eigenvalue weighted by atomic mass is 10.1. The average Bonchev–Trinajstić information content (AvgIpc) is 3.56. The third kappa shape index (κ3) is 4.68. The van der Waals surface area contributed by atoms with Crippen LogP contribution in [0.15, 0.2) is 54.6 Å². The summed E-state index contributed by atoms with van der Waals surface area (Å²) in [5, 5.41) is 4.87. The molecule has 1 fully saturated rings. The summed E-state index contributed by atoms with van der Waals surface area (Å²) in [5.41, 5.74) is 2.90. The Morgan fingerprint density at radius 1 is 1.13 bits per heavy atom. The van der Waals surface area contributed by atoms with E-state index in [9.17, 15) is 4.79 Å². The summed E-state index contributed by atoms with van der Waals surface area (Å²) in [6, 6.07) is 17.9. The van der Waals surface area contributed by atoms with Crippen molar-refractivity contribution in [3.05, 3.63) is 81.9 Å². The Kier molecular flexibility index (Phi) is 6.11. The van der Waals surface area contributed by atoms with Crippen LogP contribution >= 0.6 is 12.2 Å². The molecule has 0 radical (unpaired) electrons. The van der Waals surface area contributed by atoms with E-state index in [-0.39, 0.29) is 5.97 Å². The first-order chi connectivity index (χ1) is 14.5. The first-order valence-electron chi connectivity index (χ1n) is 10.1. The molecule has 1 aliphatic carbocycles. The second-order valence-electron chi connectivity index (χ2n) is 7.83. The largest absolute Gasteiger partial charge is 0.465 e. The van der Waals surface area contributed by atoms with Gasteiger partial charge in [0.2, 0.25) is 0 Å². The molecule has 0 amide bonds. The normalized spacial score (nSPS) is 13.6. The summed E-state index contributed by atoms with van der Waals surface area (Å²) in [6.45, 7) is 2.09. The standard InChI is InChI=1S/C23H26N4O2S/c1-25(14-18-8-10-20(11-9-18)22(28)29-2)16-27-23(30)26(21(24-27)19-12-13-19)15-17-6-4-3-5-7-17/h3-11,19H,12-16H2,1-2H3. The maximum absolute atomic E-state index is 11.6. The van der Waals surface area contributed by atoms with Gasteiger partial charge in [-0.25, -0.2) is 9.48 Å². The third-order valence-corrected chi connectivity index (χ3v) is 5.71. The Labute approximate surface area is 181 Å². The zero-order valence-corrected chi connectivity index (χ0v) is 18.1. The van der Waals surface area contributed by atoms with Crippen LogP contribution in [0.5, 0.6) is 0 Å². The minimum absolute atomic E-state index is 0.322. The monoisotopic (exact) mass is 422 g/mol. The molecule has 6 nitrogen and oxygen atoms in total. The van der Waals surface area contributed by atoms with E-state index < -0.39 is 0 Å². The van der Waals surface area contributed by atoms with Crippen LogP contribution in [-0.4, -0.2) is 39.4 Å². The molecule has 30 heavy (non-hydrogen) atoms. The summed E-state index contributed by atoms with van der Waals surface area (Å²) in [7, 11) is 3.43. The van der Waals surface area contributed by atoms with Crippen molar-refractivity contribution < 1.29 is 9.53 Å². The average molecular weight is 423 g/mol. The van der Waals surface area contributed by atoms with Crippen molar-refractivity contribution in [3.63, 3.8) is 0 Å². The van der Waals surface area contributed by atoms with Gasteiger partial charge >= 0.3 is 5.97 Å². The number of ether oxygens (including phenoxy) is 1. The van der Waals surface area contributed by atoms with Crippen LogP contribution < -0.4 is 0 Å². The number of rotatable bonds is 8. The maximum atomic E-state index is 11.6. The molecule has 0 bridgehead atoms. The Hall–Kier alpha value is -2.77. The van der Waals surface area contributed by atoms with Gasteiger partial charge in [-0.3, -0.25) is 9.47 Å². The number of carbonyl (C=O) groups excluding carboxylic acids is 1. The molecule has 0 spiro atoms. The maximum Gasteiger partial charge on any atom is 0.337 e. The zero-order chi connectivity index (χ0) is 21.1. The summed E-state index contributed by atoms with van der Waals surface area (Å²) >= 11 is 5.79. The highest BCUT2D eigenvalue weighted by molar-refractivity contribution is 7.71. The fourth-order valence-corrected chi connectivity index (χ4v) is 3.82. The zero-order valence-electron chi connectivity index (χ0n) is 17.3. The van der Waals surface area contributed by atoms with Crippen molar-refractivity contribution in [2.75, 3.05) is 14.2 Å². The minimum atomic E-state index is -0.322. The second kappa shape index (κ2) is 8.93. The van der Waals surface area contributed by atoms with Gasteiger partial charge in [0.1, 0.15) is 5.82 Å². The van der Waals surface area contributed by atoms with Crippen LogP contribution in [0.1, 0.15) is 46.1 Å². The molecule has 1 saturated carbocycles. The van der Waals surface area contributed by atoms with Gasteiger partial charge in [0.25, 0.3) is 0 Å². The van der Waals surface area contributed by atoms with Crippen LogP contribution in [0.3, 0.4) is 0 Å². The lowest BCUT2D eigenvalue weighted by Gasteiger charge is -2.16. The van der Waals surface area contributed by atoms with Crippen molar-refractivity contribution in [2.24, 2.45) is 0 Å². The number of aromatic nitrogens is 3. The predicted octanol–water partition coefficient (Wildman–Crippen LogP) is 4.22. The molecule has 1 heterocycles. The molecule has 0 unspecified atom stereocenters. The van der Waals surface area contributed by atoms with Crippen LogP contribution in [0.4, 0.5) is 0 Å². The smallest absolute Gasteiger partial charge is 0.337 e. The summed E-state index contributed by atoms with van der Waals surface area (Å²) in [6.07, 6.45) is 2.37. The first kappa shape index (κ1) is 20.5. The van der Waals surface area contributed by atoms with Crippen molar-refractivity contribution >= 4 is 18.2 Å². The van der Waals surface area contributed by atoms with Crippen molar-refractivity contribution in [1.29, 1.82) is 0 Å². The Morgan fingerprint density at radius 3 is 2.47 bits per heavy atom. The topological polar surface area (TPSA) is 52.3 Å². The predicted molar refractivity (Wildman–Crippen MR) is 118 cm³/mol. The summed E-state index contributed by atoms with van der Waals surface area (Å²) in [5.74, 6) is 1.30. The van der Waals surface area contributed by atoms with Crippen molar-refractivity contribution in [1.82, 2.24) is 19.2 Å². The van der Waals surface area contributed by atoms with Gasteiger partial charge in [0.05, 0.1) is 25.9 Å². The number of methoxy groups -OCH3 is 1. The van der Waals surface area contributed by atoms with E-state index >= 15 is 0 Å². The van der Waals surface area contributed by atoms with Crippen LogP contribution in [0.2, 0.25) is 0 Å². The molecule has 156 valence electrons. The third-order valence-electron chi connectivity index (χ3n) is 5.28. The Balaban J connectivity index is 1.48. The van der Waals surface area contributed by atoms with Crippen LogP contribution in [0.25, 0.3) is 0 Å². The number of nitrogens with zero attached hydrogens (tertiary/aromatic N) is 4. The van der Waals surface area contributed by atoms with E-state index in [1.807, 2.05) is 29.9 Å². The number of carbonyl (C=O) groups is 1. The fraction of sp³-hybridized carbons (Fsp3) is 0.348. The Morgan fingerprint density at radius 2 is 1.83 bits per heavy atom. The van der Waals surface area contributed by atoms with E-state index in [0.717, 1.165) is 29.2 Å². The molecule has 0 atom stereocenters. The van der Waals surface area contributed by atoms with E-state index in [1.165, 1.54) is 25.5 Å². The number of hydrogen-bond donors (Lipinski definition) is 0. The highest BCUT2D eigenvalue weighted by Gasteiger charge is 2.30. The van der Waals surface area contributed by atoms with Gasteiger partial charge in [-0.15, -0.1) is 0 Å². The molecule has 1 aliphatic rings. The van der Waals surface area contributed by atoms with Gasteiger partial charge in [0, 0.05) is 12.5 Å². The molecular formula is C23H26N4O2S. The summed E-state index contributed by atoms with van der Waals surface area (Å²) < 4.78 is 9.62. The van der Waals surface area contributed by atoms with Crippen molar-refractivity contribution in [2.45, 2.75) is 38.5 Å². The molecule has 0 N–H and O–H groups in total. The van der Waals surface area contributed by atoms with Gasteiger partial charge in [0.15, 0.2) is 4.77 Å². The summed E-state index contributed by atoms with van der Waals surface area (Å²) in [4.78, 5) is 13.8. The first-order valence-corrected chi connectivity index (χ1v) is 10.5. The fourth-order valence-electron chi connectivity index (χ4n) is 3.56. The Bertz CT molecular complexity index is 1070. The van der Waals surface area contributed by atoms with E-state index in [4.69, 9.17) is 22.1 Å². The molecule has 1 aromatic heterocycles. The molecular weight excluding hydrogens is 396 g/mol. The molecule has 3 aromatic rings. The number of esters is 1. The minimum Gasteiger partial charge on any atom is -0.465 e. The van der Waals surface area contributed by atoms with Gasteiger partial charge in [-0.2, -0.15) is 5.10 Å². The lowest BCUT2D eigenvalue weighted by Crippen LogP contribution is -2.22. The molecule has 0 aliphatic heterocycles. The quantitative estimate of drug-likeness (QED) is 0.402. The molecule has 4 rings (SSSR count). The SMILES string of the molecule is COC(=O)c1ccc(CN(C)Cn2nc(C3CC3)n(Cc3ccccc3)c2=S)cc1. The molecule has 0 saturated heterocycles. The molecule has 7 heteroatoms. The number of hydrogen-bond acceptors (Lipinski definition) is 5. The number of benzene rings is 2. The molecule has 2 aromatic carbocycles. The van der Waals surface area contributed by atoms with E-state index in [0.29, 0.717) is 18.2 Å². The lowest BCUT2D eigenvalue weighted by molar-refractivity contribution is 0.0600. The van der Waals surface area contributed by atoms with E-state index in [1.54, 1.807) is 12.1 Å². The highest BCUT2D eigenvalue weighted by atomic mass is 32.1. The van der Waals surface area contributed by atoms with Crippen LogP contribution in [0, 0.1) is 4.77 Å². The van der Waals surface area contributed by atoms with E-state index in [2.05, 4.69) is 33.7 Å². The van der Waals surface area contributed by atoms with Crippen LogP contribution in [-0.2, 0) is 24.5 Å². The van der Waals surface area contributed by atoms with Crippen molar-refractivity contribution in [3.8, 4) is 0 Å². The second-order valence-corrected chi connectivity index (χ2v) is 8.20. The van der Waals surface area contributed by atoms with Gasteiger partial charge < -0.3 is 4.74 Å². The van der Waals surface area contributed by atoms with Gasteiger partial charge in [-0.1, -0.05) is 42.5 Å². The van der Waals surface area contributed by atoms with Gasteiger partial charge in [-0.05, 0) is 55.4 Å².